The van der Waals surface area contributed by atoms with Crippen molar-refractivity contribution in [1.29, 1.82) is 0 Å². The first-order valence-electron chi connectivity index (χ1n) is 6.03. The largest absolute Gasteiger partial charge is 0.313 e. The van der Waals surface area contributed by atoms with Gasteiger partial charge in [-0.3, -0.25) is 4.98 Å². The Kier molecular flexibility index (Phi) is 4.34. The van der Waals surface area contributed by atoms with E-state index in [9.17, 15) is 0 Å². The summed E-state index contributed by atoms with van der Waals surface area (Å²) in [6.45, 7) is 2.09. The molecule has 0 aliphatic heterocycles. The minimum atomic E-state index is 0.300. The minimum absolute atomic E-state index is 0.300. The summed E-state index contributed by atoms with van der Waals surface area (Å²) in [6, 6.07) is 10.4. The van der Waals surface area contributed by atoms with Crippen LogP contribution in [0.25, 0.3) is 0 Å². The molecule has 1 heterocycles. The number of hydrogen-bond donors (Lipinski definition) is 1. The normalized spacial score (nSPS) is 12.4. The molecule has 1 atom stereocenters. The van der Waals surface area contributed by atoms with Gasteiger partial charge >= 0.3 is 0 Å². The van der Waals surface area contributed by atoms with E-state index in [4.69, 9.17) is 11.6 Å². The van der Waals surface area contributed by atoms with Gasteiger partial charge in [0, 0.05) is 23.5 Å². The molecule has 94 valence electrons. The number of halogens is 1. The molecule has 0 radical (unpaired) electrons. The molecule has 0 saturated carbocycles. The van der Waals surface area contributed by atoms with Crippen molar-refractivity contribution in [1.82, 2.24) is 10.3 Å². The zero-order valence-electron chi connectivity index (χ0n) is 10.7. The molecule has 0 saturated heterocycles. The number of aryl methyl sites for hydroxylation is 1. The standard InChI is InChI=1S/C15H17ClN2/c1-11-10-18-8-7-14(11)15(17-2)9-12-3-5-13(16)6-4-12/h3-8,10,15,17H,9H2,1-2H3. The van der Waals surface area contributed by atoms with Crippen LogP contribution in [0.5, 0.6) is 0 Å². The van der Waals surface area contributed by atoms with Gasteiger partial charge in [0.25, 0.3) is 0 Å². The first-order valence-corrected chi connectivity index (χ1v) is 6.40. The van der Waals surface area contributed by atoms with Crippen LogP contribution < -0.4 is 5.32 Å². The molecule has 1 unspecified atom stereocenters. The molecule has 1 aromatic heterocycles. The molecule has 3 heteroatoms. The first kappa shape index (κ1) is 13.1. The summed E-state index contributed by atoms with van der Waals surface area (Å²) in [6.07, 6.45) is 4.69. The molecule has 1 N–H and O–H groups in total. The van der Waals surface area contributed by atoms with Crippen molar-refractivity contribution in [2.24, 2.45) is 0 Å². The number of nitrogens with one attached hydrogen (secondary N) is 1. The van der Waals surface area contributed by atoms with Crippen LogP contribution in [-0.4, -0.2) is 12.0 Å². The lowest BCUT2D eigenvalue weighted by Crippen LogP contribution is -2.19. The van der Waals surface area contributed by atoms with E-state index in [1.807, 2.05) is 31.6 Å². The van der Waals surface area contributed by atoms with Crippen LogP contribution in [0.15, 0.2) is 42.7 Å². The van der Waals surface area contributed by atoms with Crippen molar-refractivity contribution in [3.63, 3.8) is 0 Å². The second-order valence-electron chi connectivity index (χ2n) is 4.40. The fourth-order valence-electron chi connectivity index (χ4n) is 2.10. The molecule has 2 rings (SSSR count). The second kappa shape index (κ2) is 5.98. The Labute approximate surface area is 113 Å². The molecule has 2 nitrogen and oxygen atoms in total. The van der Waals surface area contributed by atoms with E-state index in [1.165, 1.54) is 16.7 Å². The smallest absolute Gasteiger partial charge is 0.0406 e. The van der Waals surface area contributed by atoms with Gasteiger partial charge in [-0.25, -0.2) is 0 Å². The topological polar surface area (TPSA) is 24.9 Å². The second-order valence-corrected chi connectivity index (χ2v) is 4.84. The number of likely N-dealkylation sites (N-methyl/N-ethyl adjacent to an activating group) is 1. The predicted octanol–water partition coefficient (Wildman–Crippen LogP) is 3.55. The van der Waals surface area contributed by atoms with Gasteiger partial charge < -0.3 is 5.32 Å². The van der Waals surface area contributed by atoms with Gasteiger partial charge in [0.05, 0.1) is 0 Å². The van der Waals surface area contributed by atoms with Crippen LogP contribution in [0.1, 0.15) is 22.7 Å². The minimum Gasteiger partial charge on any atom is -0.313 e. The van der Waals surface area contributed by atoms with E-state index in [0.717, 1.165) is 11.4 Å². The number of rotatable bonds is 4. The fraction of sp³-hybridized carbons (Fsp3) is 0.267. The number of nitrogens with zero attached hydrogens (tertiary/aromatic N) is 1. The van der Waals surface area contributed by atoms with Crippen molar-refractivity contribution in [3.8, 4) is 0 Å². The molecule has 0 spiro atoms. The Morgan fingerprint density at radius 2 is 1.94 bits per heavy atom. The van der Waals surface area contributed by atoms with E-state index < -0.39 is 0 Å². The summed E-state index contributed by atoms with van der Waals surface area (Å²) in [4.78, 5) is 4.14. The van der Waals surface area contributed by atoms with Gasteiger partial charge in [-0.2, -0.15) is 0 Å². The lowest BCUT2D eigenvalue weighted by Gasteiger charge is -2.18. The Hall–Kier alpha value is -1.38. The summed E-state index contributed by atoms with van der Waals surface area (Å²) >= 11 is 5.90. The number of hydrogen-bond acceptors (Lipinski definition) is 2. The third-order valence-corrected chi connectivity index (χ3v) is 3.39. The molecule has 0 aliphatic carbocycles. The third kappa shape index (κ3) is 3.09. The van der Waals surface area contributed by atoms with E-state index in [1.54, 1.807) is 0 Å². The van der Waals surface area contributed by atoms with Gasteiger partial charge in [0.1, 0.15) is 0 Å². The average molecular weight is 261 g/mol. The van der Waals surface area contributed by atoms with Crippen LogP contribution in [0.3, 0.4) is 0 Å². The van der Waals surface area contributed by atoms with Gasteiger partial charge in [-0.05, 0) is 55.3 Å². The van der Waals surface area contributed by atoms with Crippen LogP contribution >= 0.6 is 11.6 Å². The molecule has 2 aromatic rings. The van der Waals surface area contributed by atoms with Crippen molar-refractivity contribution in [2.75, 3.05) is 7.05 Å². The van der Waals surface area contributed by atoms with Gasteiger partial charge in [0.2, 0.25) is 0 Å². The van der Waals surface area contributed by atoms with Crippen LogP contribution in [0.2, 0.25) is 5.02 Å². The molecular formula is C15H17ClN2. The molecule has 0 fully saturated rings. The summed E-state index contributed by atoms with van der Waals surface area (Å²) in [5.41, 5.74) is 3.78. The van der Waals surface area contributed by atoms with Crippen molar-refractivity contribution in [3.05, 3.63) is 64.4 Å². The maximum Gasteiger partial charge on any atom is 0.0406 e. The number of benzene rings is 1. The van der Waals surface area contributed by atoms with E-state index in [-0.39, 0.29) is 0 Å². The fourth-order valence-corrected chi connectivity index (χ4v) is 2.22. The van der Waals surface area contributed by atoms with Gasteiger partial charge in [0.15, 0.2) is 0 Å². The van der Waals surface area contributed by atoms with Crippen molar-refractivity contribution < 1.29 is 0 Å². The number of aromatic nitrogens is 1. The maximum atomic E-state index is 5.90. The molecule has 1 aromatic carbocycles. The monoisotopic (exact) mass is 260 g/mol. The zero-order chi connectivity index (χ0) is 13.0. The quantitative estimate of drug-likeness (QED) is 0.910. The molecule has 0 amide bonds. The maximum absolute atomic E-state index is 5.90. The average Bonchev–Trinajstić information content (AvgIpc) is 2.39. The highest BCUT2D eigenvalue weighted by atomic mass is 35.5. The summed E-state index contributed by atoms with van der Waals surface area (Å²) < 4.78 is 0. The van der Waals surface area contributed by atoms with Crippen LogP contribution in [0.4, 0.5) is 0 Å². The zero-order valence-corrected chi connectivity index (χ0v) is 11.4. The SMILES string of the molecule is CNC(Cc1ccc(Cl)cc1)c1ccncc1C. The summed E-state index contributed by atoms with van der Waals surface area (Å²) in [5, 5.41) is 4.14. The Morgan fingerprint density at radius 3 is 2.56 bits per heavy atom. The van der Waals surface area contributed by atoms with Crippen molar-refractivity contribution in [2.45, 2.75) is 19.4 Å². The predicted molar refractivity (Wildman–Crippen MR) is 75.9 cm³/mol. The summed E-state index contributed by atoms with van der Waals surface area (Å²) in [5.74, 6) is 0. The highest BCUT2D eigenvalue weighted by Crippen LogP contribution is 2.21. The molecular weight excluding hydrogens is 244 g/mol. The molecule has 0 aliphatic rings. The lowest BCUT2D eigenvalue weighted by molar-refractivity contribution is 0.588. The van der Waals surface area contributed by atoms with E-state index in [0.29, 0.717) is 6.04 Å². The highest BCUT2D eigenvalue weighted by molar-refractivity contribution is 6.30. The molecule has 18 heavy (non-hydrogen) atoms. The van der Waals surface area contributed by atoms with E-state index >= 15 is 0 Å². The summed E-state index contributed by atoms with van der Waals surface area (Å²) in [7, 11) is 1.99. The molecule has 0 bridgehead atoms. The Morgan fingerprint density at radius 1 is 1.22 bits per heavy atom. The van der Waals surface area contributed by atoms with Gasteiger partial charge in [-0.1, -0.05) is 23.7 Å². The van der Waals surface area contributed by atoms with Gasteiger partial charge in [-0.15, -0.1) is 0 Å². The number of pyridine rings is 1. The van der Waals surface area contributed by atoms with E-state index in [2.05, 4.69) is 35.4 Å². The van der Waals surface area contributed by atoms with Crippen molar-refractivity contribution >= 4 is 11.6 Å². The van der Waals surface area contributed by atoms with Crippen LogP contribution in [-0.2, 0) is 6.42 Å². The highest BCUT2D eigenvalue weighted by Gasteiger charge is 2.12. The Bertz CT molecular complexity index is 508. The third-order valence-electron chi connectivity index (χ3n) is 3.14. The lowest BCUT2D eigenvalue weighted by atomic mass is 9.97. The Balaban J connectivity index is 2.20. The first-order chi connectivity index (χ1) is 8.70. The van der Waals surface area contributed by atoms with Crippen LogP contribution in [0, 0.1) is 6.92 Å².